The maximum Gasteiger partial charge on any atom is 0.317 e. The van der Waals surface area contributed by atoms with Crippen molar-refractivity contribution in [3.05, 3.63) is 71.8 Å². The van der Waals surface area contributed by atoms with E-state index in [2.05, 4.69) is 0 Å². The molecular weight excluding hydrogens is 574 g/mol. The van der Waals surface area contributed by atoms with Crippen molar-refractivity contribution in [2.75, 3.05) is 87.2 Å². The molecule has 0 saturated heterocycles. The van der Waals surface area contributed by atoms with E-state index in [1.165, 1.54) is 0 Å². The standard InChI is InChI=1S/C34H53N5O6/c1-7-38(21-32(40)35(3)4)30(26-44-24-28-15-11-9-12-16-28)19-37(23-34(42)43)20-31(39(8-2)22-33(41)36(5)6)27-45-25-29-17-13-10-14-18-29/h9-18,30-31H,7-8,19-27H2,1-6H3,(H,42,43). The van der Waals surface area contributed by atoms with Crippen molar-refractivity contribution >= 4 is 17.8 Å². The van der Waals surface area contributed by atoms with Gasteiger partial charge in [0.05, 0.1) is 46.1 Å². The molecule has 0 fully saturated rings. The predicted octanol–water partition coefficient (Wildman–Crippen LogP) is 2.36. The normalized spacial score (nSPS) is 12.8. The predicted molar refractivity (Wildman–Crippen MR) is 176 cm³/mol. The van der Waals surface area contributed by atoms with Gasteiger partial charge in [-0.2, -0.15) is 0 Å². The lowest BCUT2D eigenvalue weighted by Gasteiger charge is -2.38. The molecule has 0 saturated carbocycles. The highest BCUT2D eigenvalue weighted by atomic mass is 16.5. The Bertz CT molecular complexity index is 1050. The van der Waals surface area contributed by atoms with E-state index in [0.717, 1.165) is 11.1 Å². The van der Waals surface area contributed by atoms with Gasteiger partial charge in [-0.15, -0.1) is 0 Å². The summed E-state index contributed by atoms with van der Waals surface area (Å²) in [5, 5.41) is 9.93. The lowest BCUT2D eigenvalue weighted by Crippen LogP contribution is -2.55. The molecule has 11 nitrogen and oxygen atoms in total. The van der Waals surface area contributed by atoms with E-state index >= 15 is 0 Å². The Morgan fingerprint density at radius 2 is 1.02 bits per heavy atom. The zero-order valence-corrected chi connectivity index (χ0v) is 27.9. The summed E-state index contributed by atoms with van der Waals surface area (Å²) in [7, 11) is 6.90. The molecule has 0 bridgehead atoms. The molecule has 0 aliphatic heterocycles. The van der Waals surface area contributed by atoms with E-state index in [9.17, 15) is 19.5 Å². The molecule has 2 rings (SSSR count). The van der Waals surface area contributed by atoms with Gasteiger partial charge >= 0.3 is 5.97 Å². The van der Waals surface area contributed by atoms with Gasteiger partial charge in [0, 0.05) is 53.4 Å². The molecule has 0 radical (unpaired) electrons. The molecule has 2 atom stereocenters. The Labute approximate surface area is 269 Å². The molecule has 0 aromatic heterocycles. The number of carboxylic acids is 1. The third-order valence-corrected chi connectivity index (χ3v) is 7.66. The fourth-order valence-corrected chi connectivity index (χ4v) is 4.94. The third kappa shape index (κ3) is 14.5. The van der Waals surface area contributed by atoms with Gasteiger partial charge in [0.15, 0.2) is 0 Å². The molecular formula is C34H53N5O6. The van der Waals surface area contributed by atoms with E-state index in [4.69, 9.17) is 9.47 Å². The number of benzene rings is 2. The summed E-state index contributed by atoms with van der Waals surface area (Å²) in [6.45, 7) is 7.44. The number of carbonyl (C=O) groups excluding carboxylic acids is 2. The van der Waals surface area contributed by atoms with Crippen molar-refractivity contribution < 1.29 is 29.0 Å². The van der Waals surface area contributed by atoms with Crippen LogP contribution in [0.3, 0.4) is 0 Å². The topological polar surface area (TPSA) is 106 Å². The van der Waals surface area contributed by atoms with Crippen LogP contribution >= 0.6 is 0 Å². The van der Waals surface area contributed by atoms with Crippen LogP contribution in [0.25, 0.3) is 0 Å². The molecule has 0 aliphatic carbocycles. The number of carbonyl (C=O) groups is 3. The summed E-state index contributed by atoms with van der Waals surface area (Å²) < 4.78 is 12.3. The summed E-state index contributed by atoms with van der Waals surface area (Å²) in [5.41, 5.74) is 2.07. The second-order valence-corrected chi connectivity index (χ2v) is 11.6. The van der Waals surface area contributed by atoms with Gasteiger partial charge in [0.25, 0.3) is 0 Å². The molecule has 1 N–H and O–H groups in total. The van der Waals surface area contributed by atoms with Crippen LogP contribution in [0.1, 0.15) is 25.0 Å². The average molecular weight is 628 g/mol. The van der Waals surface area contributed by atoms with Gasteiger partial charge in [-0.3, -0.25) is 29.1 Å². The lowest BCUT2D eigenvalue weighted by molar-refractivity contribution is -0.140. The number of hydrogen-bond donors (Lipinski definition) is 1. The minimum Gasteiger partial charge on any atom is -0.480 e. The highest BCUT2D eigenvalue weighted by molar-refractivity contribution is 5.78. The van der Waals surface area contributed by atoms with Gasteiger partial charge < -0.3 is 24.4 Å². The van der Waals surface area contributed by atoms with Gasteiger partial charge in [-0.1, -0.05) is 74.5 Å². The van der Waals surface area contributed by atoms with Gasteiger partial charge in [-0.25, -0.2) is 0 Å². The van der Waals surface area contributed by atoms with Crippen LogP contribution in [-0.2, 0) is 37.1 Å². The maximum atomic E-state index is 12.8. The van der Waals surface area contributed by atoms with Crippen molar-refractivity contribution in [1.29, 1.82) is 0 Å². The Balaban J connectivity index is 2.31. The highest BCUT2D eigenvalue weighted by Crippen LogP contribution is 2.12. The molecule has 250 valence electrons. The third-order valence-electron chi connectivity index (χ3n) is 7.66. The van der Waals surface area contributed by atoms with Crippen LogP contribution in [0.2, 0.25) is 0 Å². The van der Waals surface area contributed by atoms with Crippen LogP contribution in [0, 0.1) is 0 Å². The summed E-state index contributed by atoms with van der Waals surface area (Å²) in [6, 6.07) is 19.2. The number of amides is 2. The Hall–Kier alpha value is -3.35. The van der Waals surface area contributed by atoms with Crippen molar-refractivity contribution in [3.8, 4) is 0 Å². The number of likely N-dealkylation sites (N-methyl/N-ethyl adjacent to an activating group) is 4. The van der Waals surface area contributed by atoms with E-state index in [-0.39, 0.29) is 43.5 Å². The lowest BCUT2D eigenvalue weighted by atomic mass is 10.1. The van der Waals surface area contributed by atoms with Crippen LogP contribution in [0.5, 0.6) is 0 Å². The first-order valence-corrected chi connectivity index (χ1v) is 15.6. The van der Waals surface area contributed by atoms with Crippen molar-refractivity contribution in [1.82, 2.24) is 24.5 Å². The highest BCUT2D eigenvalue weighted by Gasteiger charge is 2.29. The smallest absolute Gasteiger partial charge is 0.317 e. The molecule has 0 spiro atoms. The number of carboxylic acid groups (broad SMARTS) is 1. The van der Waals surface area contributed by atoms with E-state index in [1.54, 1.807) is 38.0 Å². The molecule has 2 unspecified atom stereocenters. The van der Waals surface area contributed by atoms with Crippen molar-refractivity contribution in [2.24, 2.45) is 0 Å². The first-order valence-electron chi connectivity index (χ1n) is 15.6. The van der Waals surface area contributed by atoms with Gasteiger partial charge in [0.1, 0.15) is 0 Å². The minimum absolute atomic E-state index is 0.0405. The molecule has 0 heterocycles. The van der Waals surface area contributed by atoms with Crippen LogP contribution in [-0.4, -0.2) is 147 Å². The first-order chi connectivity index (χ1) is 21.5. The molecule has 2 amide bonds. The van der Waals surface area contributed by atoms with Gasteiger partial charge in [0.2, 0.25) is 11.8 Å². The second kappa shape index (κ2) is 20.6. The Kier molecular flexibility index (Phi) is 17.4. The van der Waals surface area contributed by atoms with E-state index < -0.39 is 5.97 Å². The monoisotopic (exact) mass is 627 g/mol. The largest absolute Gasteiger partial charge is 0.480 e. The number of aliphatic carboxylic acids is 1. The van der Waals surface area contributed by atoms with Crippen LogP contribution < -0.4 is 0 Å². The van der Waals surface area contributed by atoms with Crippen molar-refractivity contribution in [3.63, 3.8) is 0 Å². The fraction of sp³-hybridized carbons (Fsp3) is 0.559. The molecule has 2 aromatic carbocycles. The van der Waals surface area contributed by atoms with Crippen LogP contribution in [0.4, 0.5) is 0 Å². The van der Waals surface area contributed by atoms with E-state index in [0.29, 0.717) is 52.6 Å². The number of rotatable bonds is 22. The van der Waals surface area contributed by atoms with Gasteiger partial charge in [-0.05, 0) is 24.2 Å². The molecule has 45 heavy (non-hydrogen) atoms. The fourth-order valence-electron chi connectivity index (χ4n) is 4.94. The molecule has 2 aromatic rings. The summed E-state index contributed by atoms with van der Waals surface area (Å²) in [4.78, 5) is 46.7. The SMILES string of the molecule is CCN(CC(=O)N(C)C)C(COCc1ccccc1)CN(CC(=O)O)CC(COCc1ccccc1)N(CC)CC(=O)N(C)C. The van der Waals surface area contributed by atoms with E-state index in [1.807, 2.05) is 89.2 Å². The number of hydrogen-bond acceptors (Lipinski definition) is 8. The quantitative estimate of drug-likeness (QED) is 0.211. The zero-order chi connectivity index (χ0) is 33.2. The summed E-state index contributed by atoms with van der Waals surface area (Å²) >= 11 is 0. The first kappa shape index (κ1) is 37.8. The molecule has 11 heteroatoms. The Morgan fingerprint density at radius 3 is 1.33 bits per heavy atom. The average Bonchev–Trinajstić information content (AvgIpc) is 3.01. The summed E-state index contributed by atoms with van der Waals surface area (Å²) in [6.07, 6.45) is 0. The van der Waals surface area contributed by atoms with Crippen molar-refractivity contribution in [2.45, 2.75) is 39.1 Å². The number of ether oxygens (including phenoxy) is 2. The minimum atomic E-state index is -0.956. The number of nitrogens with zero attached hydrogens (tertiary/aromatic N) is 5. The van der Waals surface area contributed by atoms with Crippen LogP contribution in [0.15, 0.2) is 60.7 Å². The summed E-state index contributed by atoms with van der Waals surface area (Å²) in [5.74, 6) is -1.04. The maximum absolute atomic E-state index is 12.8. The molecule has 0 aliphatic rings. The zero-order valence-electron chi connectivity index (χ0n) is 27.9. The Morgan fingerprint density at radius 1 is 0.644 bits per heavy atom. The second-order valence-electron chi connectivity index (χ2n) is 11.6.